The van der Waals surface area contributed by atoms with Crippen molar-refractivity contribution in [2.24, 2.45) is 0 Å². The molecule has 1 aliphatic carbocycles. The number of hydrogen-bond donors (Lipinski definition) is 0. The summed E-state index contributed by atoms with van der Waals surface area (Å²) in [6.45, 7) is 5.63. The van der Waals surface area contributed by atoms with Crippen molar-refractivity contribution in [2.45, 2.75) is 57.3 Å². The number of carbonyl (C=O) groups is 1. The molecule has 2 aliphatic rings. The Morgan fingerprint density at radius 3 is 2.92 bits per heavy atom. The van der Waals surface area contributed by atoms with Gasteiger partial charge >= 0.3 is 0 Å². The molecule has 5 heteroatoms. The Labute approximate surface area is 148 Å². The maximum atomic E-state index is 13.1. The summed E-state index contributed by atoms with van der Waals surface area (Å²) in [6.07, 6.45) is 3.95. The molecule has 0 saturated carbocycles. The van der Waals surface area contributed by atoms with E-state index in [9.17, 15) is 4.79 Å². The van der Waals surface area contributed by atoms with E-state index in [4.69, 9.17) is 4.52 Å². The van der Waals surface area contributed by atoms with E-state index in [1.807, 2.05) is 24.8 Å². The molecular formula is C20H25N3O2. The summed E-state index contributed by atoms with van der Waals surface area (Å²) in [5.41, 5.74) is 2.55. The Morgan fingerprint density at radius 1 is 1.28 bits per heavy atom. The van der Waals surface area contributed by atoms with Crippen LogP contribution in [-0.4, -0.2) is 34.0 Å². The van der Waals surface area contributed by atoms with Gasteiger partial charge < -0.3 is 9.42 Å². The van der Waals surface area contributed by atoms with Gasteiger partial charge in [0.05, 0.1) is 5.92 Å². The molecule has 1 aromatic carbocycles. The number of aromatic nitrogens is 2. The van der Waals surface area contributed by atoms with Crippen LogP contribution in [0.25, 0.3) is 0 Å². The van der Waals surface area contributed by atoms with Crippen LogP contribution in [0.1, 0.15) is 73.7 Å². The minimum absolute atomic E-state index is 0.0199. The number of aryl methyl sites for hydroxylation is 1. The van der Waals surface area contributed by atoms with Gasteiger partial charge in [0.2, 0.25) is 11.8 Å². The van der Waals surface area contributed by atoms with Crippen LogP contribution in [0.3, 0.4) is 0 Å². The van der Waals surface area contributed by atoms with E-state index < -0.39 is 0 Å². The summed E-state index contributed by atoms with van der Waals surface area (Å²) < 4.78 is 5.36. The van der Waals surface area contributed by atoms with Gasteiger partial charge in [0, 0.05) is 24.9 Å². The molecule has 1 aromatic heterocycles. The van der Waals surface area contributed by atoms with E-state index in [0.29, 0.717) is 12.4 Å². The Kier molecular flexibility index (Phi) is 4.32. The van der Waals surface area contributed by atoms with Gasteiger partial charge in [-0.1, -0.05) is 43.3 Å². The Balaban J connectivity index is 1.48. The highest BCUT2D eigenvalue weighted by Gasteiger charge is 2.35. The second-order valence-electron chi connectivity index (χ2n) is 7.56. The fourth-order valence-electron chi connectivity index (χ4n) is 4.07. The third-order valence-electron chi connectivity index (χ3n) is 5.48. The fraction of sp³-hybridized carbons (Fsp3) is 0.550. The lowest BCUT2D eigenvalue weighted by Gasteiger charge is -2.33. The molecule has 25 heavy (non-hydrogen) atoms. The van der Waals surface area contributed by atoms with Crippen LogP contribution < -0.4 is 0 Å². The molecule has 5 nitrogen and oxygen atoms in total. The predicted molar refractivity (Wildman–Crippen MR) is 94.4 cm³/mol. The molecule has 2 atom stereocenters. The van der Waals surface area contributed by atoms with Crippen molar-refractivity contribution in [3.8, 4) is 0 Å². The van der Waals surface area contributed by atoms with Crippen LogP contribution in [0.5, 0.6) is 0 Å². The van der Waals surface area contributed by atoms with Crippen LogP contribution in [0.4, 0.5) is 0 Å². The Morgan fingerprint density at radius 2 is 2.12 bits per heavy atom. The third-order valence-corrected chi connectivity index (χ3v) is 5.48. The van der Waals surface area contributed by atoms with Crippen molar-refractivity contribution in [3.63, 3.8) is 0 Å². The second kappa shape index (κ2) is 6.62. The van der Waals surface area contributed by atoms with Crippen molar-refractivity contribution < 1.29 is 9.32 Å². The van der Waals surface area contributed by atoms with Crippen molar-refractivity contribution in [2.75, 3.05) is 13.1 Å². The summed E-state index contributed by atoms with van der Waals surface area (Å²) in [5.74, 6) is 2.15. The monoisotopic (exact) mass is 339 g/mol. The summed E-state index contributed by atoms with van der Waals surface area (Å²) in [5, 5.41) is 4.16. The predicted octanol–water partition coefficient (Wildman–Crippen LogP) is 3.63. The average Bonchev–Trinajstić information content (AvgIpc) is 3.28. The quantitative estimate of drug-likeness (QED) is 0.857. The molecule has 1 fully saturated rings. The van der Waals surface area contributed by atoms with Crippen molar-refractivity contribution >= 4 is 5.91 Å². The molecule has 0 radical (unpaired) electrons. The lowest BCUT2D eigenvalue weighted by atomic mass is 9.94. The molecule has 1 amide bonds. The molecule has 2 aromatic rings. The molecule has 1 aliphatic heterocycles. The van der Waals surface area contributed by atoms with Gasteiger partial charge in [-0.3, -0.25) is 4.79 Å². The van der Waals surface area contributed by atoms with Crippen molar-refractivity contribution in [1.29, 1.82) is 0 Å². The van der Waals surface area contributed by atoms with Crippen LogP contribution in [0.2, 0.25) is 0 Å². The summed E-state index contributed by atoms with van der Waals surface area (Å²) in [6, 6.07) is 8.36. The van der Waals surface area contributed by atoms with Crippen LogP contribution >= 0.6 is 0 Å². The number of nitrogens with zero attached hydrogens (tertiary/aromatic N) is 3. The third kappa shape index (κ3) is 3.08. The van der Waals surface area contributed by atoms with E-state index in [1.54, 1.807) is 0 Å². The number of amides is 1. The van der Waals surface area contributed by atoms with Crippen LogP contribution in [0.15, 0.2) is 28.8 Å². The Bertz CT molecular complexity index is 768. The minimum Gasteiger partial charge on any atom is -0.341 e. The first-order valence-electron chi connectivity index (χ1n) is 9.33. The molecule has 2 heterocycles. The van der Waals surface area contributed by atoms with Crippen LogP contribution in [0, 0.1) is 0 Å². The van der Waals surface area contributed by atoms with E-state index >= 15 is 0 Å². The van der Waals surface area contributed by atoms with Crippen molar-refractivity contribution in [1.82, 2.24) is 15.0 Å². The van der Waals surface area contributed by atoms with Crippen LogP contribution in [-0.2, 0) is 11.2 Å². The standard InChI is InChI=1S/C20H25N3O2/c1-13(2)19-21-18(22-25-19)15-7-5-11-23(12-15)20(24)17-10-9-14-6-3-4-8-16(14)17/h3-4,6,8,13,15,17H,5,7,9-12H2,1-2H3. The number of likely N-dealkylation sites (tertiary alicyclic amines) is 1. The summed E-state index contributed by atoms with van der Waals surface area (Å²) >= 11 is 0. The van der Waals surface area contributed by atoms with Crippen molar-refractivity contribution in [3.05, 3.63) is 47.1 Å². The van der Waals surface area contributed by atoms with Gasteiger partial charge in [-0.2, -0.15) is 4.98 Å². The SMILES string of the molecule is CC(C)c1nc(C2CCCN(C(=O)C3CCc4ccccc43)C2)no1. The number of hydrogen-bond acceptors (Lipinski definition) is 4. The highest BCUT2D eigenvalue weighted by Crippen LogP contribution is 2.36. The number of fused-ring (bicyclic) bond motifs is 1. The van der Waals surface area contributed by atoms with Gasteiger partial charge in [0.1, 0.15) is 0 Å². The fourth-order valence-corrected chi connectivity index (χ4v) is 4.07. The van der Waals surface area contributed by atoms with E-state index in [1.165, 1.54) is 11.1 Å². The number of carbonyl (C=O) groups excluding carboxylic acids is 1. The van der Waals surface area contributed by atoms with E-state index in [0.717, 1.165) is 38.1 Å². The lowest BCUT2D eigenvalue weighted by Crippen LogP contribution is -2.41. The first-order valence-corrected chi connectivity index (χ1v) is 9.33. The zero-order valence-corrected chi connectivity index (χ0v) is 14.9. The van der Waals surface area contributed by atoms with Gasteiger partial charge in [0.25, 0.3) is 0 Å². The number of rotatable bonds is 3. The van der Waals surface area contributed by atoms with E-state index in [2.05, 4.69) is 28.3 Å². The maximum absolute atomic E-state index is 13.1. The molecular weight excluding hydrogens is 314 g/mol. The Hall–Kier alpha value is -2.17. The molecule has 0 spiro atoms. The highest BCUT2D eigenvalue weighted by atomic mass is 16.5. The topological polar surface area (TPSA) is 59.2 Å². The molecule has 0 N–H and O–H groups in total. The maximum Gasteiger partial charge on any atom is 0.230 e. The smallest absolute Gasteiger partial charge is 0.230 e. The average molecular weight is 339 g/mol. The summed E-state index contributed by atoms with van der Waals surface area (Å²) in [7, 11) is 0. The first-order chi connectivity index (χ1) is 12.1. The molecule has 2 unspecified atom stereocenters. The zero-order chi connectivity index (χ0) is 17.4. The lowest BCUT2D eigenvalue weighted by molar-refractivity contribution is -0.134. The number of piperidine rings is 1. The molecule has 132 valence electrons. The first kappa shape index (κ1) is 16.3. The van der Waals surface area contributed by atoms with Gasteiger partial charge in [0.15, 0.2) is 5.82 Å². The molecule has 4 rings (SSSR count). The highest BCUT2D eigenvalue weighted by molar-refractivity contribution is 5.85. The van der Waals surface area contributed by atoms with E-state index in [-0.39, 0.29) is 23.7 Å². The minimum atomic E-state index is 0.0199. The molecule has 0 bridgehead atoms. The van der Waals surface area contributed by atoms with Gasteiger partial charge in [-0.05, 0) is 36.8 Å². The zero-order valence-electron chi connectivity index (χ0n) is 14.9. The normalized spacial score (nSPS) is 23.1. The molecule has 1 saturated heterocycles. The van der Waals surface area contributed by atoms with Gasteiger partial charge in [-0.25, -0.2) is 0 Å². The summed E-state index contributed by atoms with van der Waals surface area (Å²) in [4.78, 5) is 19.7. The largest absolute Gasteiger partial charge is 0.341 e. The van der Waals surface area contributed by atoms with Gasteiger partial charge in [-0.15, -0.1) is 0 Å². The number of benzene rings is 1. The second-order valence-corrected chi connectivity index (χ2v) is 7.56.